The monoisotopic (exact) mass is 540 g/mol. The topological polar surface area (TPSA) is 95.1 Å². The molecular formula is C32H40N6O2. The normalized spacial score (nSPS) is 13.8. The number of piperazine rings is 1. The summed E-state index contributed by atoms with van der Waals surface area (Å²) in [5.74, 6) is 0.779. The Morgan fingerprint density at radius 1 is 1.10 bits per heavy atom. The number of rotatable bonds is 8. The molecule has 3 aromatic heterocycles. The highest BCUT2D eigenvalue weighted by Crippen LogP contribution is 2.33. The molecular weight excluding hydrogens is 500 g/mol. The molecule has 0 radical (unpaired) electrons. The SMILES string of the molecule is CCCc1cc(C)[nH]c(=O)c1CNC(=O)c1cc(-c2ccc(N3CCNCC3)nc2)cc2c1c(C)cn2C(C)C. The van der Waals surface area contributed by atoms with Gasteiger partial charge in [0.15, 0.2) is 0 Å². The molecule has 1 saturated heterocycles. The van der Waals surface area contributed by atoms with Crippen molar-refractivity contribution in [2.24, 2.45) is 0 Å². The molecule has 1 amide bonds. The van der Waals surface area contributed by atoms with Gasteiger partial charge < -0.3 is 25.1 Å². The van der Waals surface area contributed by atoms with Gasteiger partial charge in [0.1, 0.15) is 5.82 Å². The molecule has 210 valence electrons. The smallest absolute Gasteiger partial charge is 0.253 e. The van der Waals surface area contributed by atoms with Gasteiger partial charge >= 0.3 is 0 Å². The van der Waals surface area contributed by atoms with Gasteiger partial charge in [-0.15, -0.1) is 0 Å². The Bertz CT molecular complexity index is 1580. The predicted octanol–water partition coefficient (Wildman–Crippen LogP) is 4.88. The van der Waals surface area contributed by atoms with Crippen LogP contribution in [0.25, 0.3) is 22.0 Å². The van der Waals surface area contributed by atoms with Crippen LogP contribution in [-0.4, -0.2) is 46.6 Å². The van der Waals surface area contributed by atoms with Gasteiger partial charge in [0.25, 0.3) is 11.5 Å². The molecule has 0 bridgehead atoms. The van der Waals surface area contributed by atoms with Crippen LogP contribution in [0.5, 0.6) is 0 Å². The van der Waals surface area contributed by atoms with Crippen LogP contribution in [0.15, 0.2) is 47.5 Å². The lowest BCUT2D eigenvalue weighted by Gasteiger charge is -2.28. The number of nitrogens with zero attached hydrogens (tertiary/aromatic N) is 3. The second-order valence-corrected chi connectivity index (χ2v) is 11.1. The zero-order chi connectivity index (χ0) is 28.4. The number of aryl methyl sites for hydroxylation is 3. The second kappa shape index (κ2) is 11.7. The number of aromatic amines is 1. The third-order valence-electron chi connectivity index (χ3n) is 7.75. The second-order valence-electron chi connectivity index (χ2n) is 11.1. The molecule has 4 aromatic rings. The Kier molecular flexibility index (Phi) is 8.07. The van der Waals surface area contributed by atoms with Gasteiger partial charge in [0, 0.05) is 84.4 Å². The van der Waals surface area contributed by atoms with E-state index < -0.39 is 0 Å². The highest BCUT2D eigenvalue weighted by Gasteiger charge is 2.20. The van der Waals surface area contributed by atoms with Crippen molar-refractivity contribution in [3.8, 4) is 11.1 Å². The van der Waals surface area contributed by atoms with Gasteiger partial charge in [-0.05, 0) is 81.1 Å². The number of hydrogen-bond acceptors (Lipinski definition) is 5. The summed E-state index contributed by atoms with van der Waals surface area (Å²) in [5.41, 5.74) is 6.88. The number of pyridine rings is 2. The van der Waals surface area contributed by atoms with Gasteiger partial charge in [-0.1, -0.05) is 13.3 Å². The van der Waals surface area contributed by atoms with E-state index in [1.54, 1.807) is 0 Å². The first-order valence-electron chi connectivity index (χ1n) is 14.3. The van der Waals surface area contributed by atoms with Gasteiger partial charge in [-0.2, -0.15) is 0 Å². The number of carbonyl (C=O) groups is 1. The van der Waals surface area contributed by atoms with E-state index in [0.717, 1.165) is 83.7 Å². The number of H-pyrrole nitrogens is 1. The van der Waals surface area contributed by atoms with Crippen LogP contribution in [0, 0.1) is 13.8 Å². The molecule has 0 unspecified atom stereocenters. The van der Waals surface area contributed by atoms with Crippen LogP contribution in [0.4, 0.5) is 5.82 Å². The summed E-state index contributed by atoms with van der Waals surface area (Å²) in [5, 5.41) is 7.38. The van der Waals surface area contributed by atoms with Crippen LogP contribution in [0.1, 0.15) is 66.0 Å². The molecule has 8 nitrogen and oxygen atoms in total. The van der Waals surface area contributed by atoms with Crippen molar-refractivity contribution in [3.63, 3.8) is 0 Å². The lowest BCUT2D eigenvalue weighted by molar-refractivity contribution is 0.0952. The summed E-state index contributed by atoms with van der Waals surface area (Å²) >= 11 is 0. The lowest BCUT2D eigenvalue weighted by Crippen LogP contribution is -2.43. The van der Waals surface area contributed by atoms with Crippen molar-refractivity contribution in [2.45, 2.75) is 60.0 Å². The summed E-state index contributed by atoms with van der Waals surface area (Å²) in [6.07, 6.45) is 5.74. The van der Waals surface area contributed by atoms with Crippen molar-refractivity contribution >= 4 is 22.6 Å². The molecule has 4 heterocycles. The molecule has 1 aliphatic rings. The number of fused-ring (bicyclic) bond motifs is 1. The molecule has 0 aliphatic carbocycles. The molecule has 5 rings (SSSR count). The van der Waals surface area contributed by atoms with E-state index in [2.05, 4.69) is 70.3 Å². The van der Waals surface area contributed by atoms with Crippen molar-refractivity contribution in [3.05, 3.63) is 81.0 Å². The molecule has 0 saturated carbocycles. The fourth-order valence-corrected chi connectivity index (χ4v) is 5.73. The molecule has 0 spiro atoms. The number of benzene rings is 1. The number of anilines is 1. The van der Waals surface area contributed by atoms with E-state index in [4.69, 9.17) is 4.98 Å². The van der Waals surface area contributed by atoms with E-state index >= 15 is 0 Å². The summed E-state index contributed by atoms with van der Waals surface area (Å²) < 4.78 is 2.22. The van der Waals surface area contributed by atoms with Gasteiger partial charge in [0.05, 0.1) is 0 Å². The van der Waals surface area contributed by atoms with E-state index in [-0.39, 0.29) is 24.1 Å². The number of aromatic nitrogens is 3. The van der Waals surface area contributed by atoms with Crippen molar-refractivity contribution in [1.29, 1.82) is 0 Å². The lowest BCUT2D eigenvalue weighted by atomic mass is 9.98. The summed E-state index contributed by atoms with van der Waals surface area (Å²) in [6.45, 7) is 14.3. The minimum Gasteiger partial charge on any atom is -0.354 e. The van der Waals surface area contributed by atoms with Crippen LogP contribution in [0.2, 0.25) is 0 Å². The highest BCUT2D eigenvalue weighted by molar-refractivity contribution is 6.09. The fourth-order valence-electron chi connectivity index (χ4n) is 5.73. The largest absolute Gasteiger partial charge is 0.354 e. The maximum Gasteiger partial charge on any atom is 0.253 e. The Morgan fingerprint density at radius 3 is 2.55 bits per heavy atom. The Hall–Kier alpha value is -3.91. The maximum absolute atomic E-state index is 13.8. The molecule has 40 heavy (non-hydrogen) atoms. The van der Waals surface area contributed by atoms with E-state index in [0.29, 0.717) is 11.1 Å². The zero-order valence-electron chi connectivity index (χ0n) is 24.2. The predicted molar refractivity (Wildman–Crippen MR) is 162 cm³/mol. The first kappa shape index (κ1) is 27.6. The van der Waals surface area contributed by atoms with E-state index in [1.807, 2.05) is 32.2 Å². The van der Waals surface area contributed by atoms with Crippen LogP contribution in [0.3, 0.4) is 0 Å². The molecule has 1 aliphatic heterocycles. The Balaban J connectivity index is 1.52. The minimum absolute atomic E-state index is 0.138. The zero-order valence-corrected chi connectivity index (χ0v) is 24.2. The quantitative estimate of drug-likeness (QED) is 0.296. The molecule has 1 fully saturated rings. The highest BCUT2D eigenvalue weighted by atomic mass is 16.1. The van der Waals surface area contributed by atoms with Crippen LogP contribution >= 0.6 is 0 Å². The van der Waals surface area contributed by atoms with Crippen LogP contribution < -0.4 is 21.1 Å². The van der Waals surface area contributed by atoms with Crippen molar-refractivity contribution < 1.29 is 4.79 Å². The van der Waals surface area contributed by atoms with Gasteiger partial charge in [0.2, 0.25) is 0 Å². The Labute approximate surface area is 235 Å². The van der Waals surface area contributed by atoms with Gasteiger partial charge in [-0.3, -0.25) is 9.59 Å². The first-order valence-corrected chi connectivity index (χ1v) is 14.3. The maximum atomic E-state index is 13.8. The summed E-state index contributed by atoms with van der Waals surface area (Å²) in [7, 11) is 0. The number of carbonyl (C=O) groups excluding carboxylic acids is 1. The van der Waals surface area contributed by atoms with Gasteiger partial charge in [-0.25, -0.2) is 4.98 Å². The third-order valence-corrected chi connectivity index (χ3v) is 7.75. The standard InChI is InChI=1S/C32H40N6O2/c1-6-7-23-14-22(5)36-32(40)27(23)18-35-31(39)26-15-25(16-28-30(26)21(4)19-38(28)20(2)3)24-8-9-29(34-17-24)37-12-10-33-11-13-37/h8-9,14-17,19-20,33H,6-7,10-13,18H2,1-5H3,(H,35,39)(H,36,40). The third kappa shape index (κ3) is 5.54. The summed E-state index contributed by atoms with van der Waals surface area (Å²) in [6, 6.07) is 10.5. The summed E-state index contributed by atoms with van der Waals surface area (Å²) in [4.78, 5) is 36.5. The fraction of sp³-hybridized carbons (Fsp3) is 0.406. The molecule has 3 N–H and O–H groups in total. The number of nitrogens with one attached hydrogen (secondary N) is 3. The average molecular weight is 541 g/mol. The molecule has 8 heteroatoms. The average Bonchev–Trinajstić information content (AvgIpc) is 3.29. The van der Waals surface area contributed by atoms with Crippen molar-refractivity contribution in [2.75, 3.05) is 31.1 Å². The van der Waals surface area contributed by atoms with E-state index in [9.17, 15) is 9.59 Å². The Morgan fingerprint density at radius 2 is 1.88 bits per heavy atom. The minimum atomic E-state index is -0.190. The van der Waals surface area contributed by atoms with Crippen LogP contribution in [-0.2, 0) is 13.0 Å². The first-order chi connectivity index (χ1) is 19.3. The number of amides is 1. The van der Waals surface area contributed by atoms with E-state index in [1.165, 1.54) is 0 Å². The van der Waals surface area contributed by atoms with Crippen molar-refractivity contribution in [1.82, 2.24) is 25.2 Å². The number of hydrogen-bond donors (Lipinski definition) is 3. The molecule has 1 aromatic carbocycles. The molecule has 0 atom stereocenters.